The molecule has 0 aromatic heterocycles. The van der Waals surface area contributed by atoms with Gasteiger partial charge in [0.25, 0.3) is 0 Å². The Morgan fingerprint density at radius 3 is 2.52 bits per heavy atom. The molecule has 2 aromatic rings. The molecule has 1 radical (unpaired) electrons. The predicted molar refractivity (Wildman–Crippen MR) is 107 cm³/mol. The molecule has 0 spiro atoms. The van der Waals surface area contributed by atoms with Crippen molar-refractivity contribution in [1.29, 1.82) is 0 Å². The largest absolute Gasteiger partial charge is 0.491 e. The van der Waals surface area contributed by atoms with Crippen molar-refractivity contribution >= 4 is 49.9 Å². The van der Waals surface area contributed by atoms with Crippen LogP contribution in [0.15, 0.2) is 36.4 Å². The summed E-state index contributed by atoms with van der Waals surface area (Å²) in [5.74, 6) is 0.794. The fraction of sp³-hybridized carbons (Fsp3) is 0.316. The van der Waals surface area contributed by atoms with Crippen LogP contribution in [0.3, 0.4) is 0 Å². The van der Waals surface area contributed by atoms with Gasteiger partial charge >= 0.3 is 0 Å². The quantitative estimate of drug-likeness (QED) is 0.397. The van der Waals surface area contributed by atoms with Crippen LogP contribution in [-0.2, 0) is 4.74 Å². The Bertz CT molecular complexity index is 702. The van der Waals surface area contributed by atoms with Crippen molar-refractivity contribution in [2.75, 3.05) is 19.8 Å². The average Bonchev–Trinajstić information content (AvgIpc) is 2.54. The van der Waals surface area contributed by atoms with Crippen LogP contribution in [-0.4, -0.2) is 44.2 Å². The van der Waals surface area contributed by atoms with Gasteiger partial charge in [-0.15, -0.1) is 0 Å². The van der Waals surface area contributed by atoms with Crippen molar-refractivity contribution in [3.63, 3.8) is 0 Å². The topological polar surface area (TPSA) is 35.5 Å². The standard InChI is InChI=1S/C19H22ClO3P.Li/c1-4-22-10-11-23-15-8-9-17(14(3)12-15)24-19(21)18-13(2)6-5-7-16(18)20;/h5-9,12,24H,4,10-11H2,1-3H3;. The van der Waals surface area contributed by atoms with Gasteiger partial charge in [0.1, 0.15) is 12.4 Å². The second-order valence-electron chi connectivity index (χ2n) is 5.41. The van der Waals surface area contributed by atoms with Crippen LogP contribution >= 0.6 is 20.2 Å². The zero-order chi connectivity index (χ0) is 17.5. The van der Waals surface area contributed by atoms with E-state index < -0.39 is 0 Å². The fourth-order valence-corrected chi connectivity index (χ4v) is 3.86. The third-order valence-corrected chi connectivity index (χ3v) is 5.22. The third kappa shape index (κ3) is 6.45. The van der Waals surface area contributed by atoms with Crippen LogP contribution in [0.1, 0.15) is 28.4 Å². The molecule has 0 aliphatic rings. The first-order valence-electron chi connectivity index (χ1n) is 7.90. The molecule has 0 saturated carbocycles. The molecule has 1 unspecified atom stereocenters. The molecule has 0 aliphatic heterocycles. The van der Waals surface area contributed by atoms with Gasteiger partial charge in [0.15, 0.2) is 5.52 Å². The number of halogens is 1. The number of hydrogen-bond donors (Lipinski definition) is 0. The molecule has 25 heavy (non-hydrogen) atoms. The van der Waals surface area contributed by atoms with Gasteiger partial charge in [-0.05, 0) is 64.0 Å². The second kappa shape index (κ2) is 11.0. The van der Waals surface area contributed by atoms with Crippen LogP contribution in [0.2, 0.25) is 5.02 Å². The molecule has 2 aromatic carbocycles. The Labute approximate surface area is 168 Å². The van der Waals surface area contributed by atoms with E-state index in [1.54, 1.807) is 6.07 Å². The summed E-state index contributed by atoms with van der Waals surface area (Å²) < 4.78 is 10.9. The van der Waals surface area contributed by atoms with E-state index in [0.717, 1.165) is 22.2 Å². The number of ether oxygens (including phenoxy) is 2. The van der Waals surface area contributed by atoms with Crippen molar-refractivity contribution in [3.05, 3.63) is 58.1 Å². The summed E-state index contributed by atoms with van der Waals surface area (Å²) in [6.45, 7) is 7.63. The summed E-state index contributed by atoms with van der Waals surface area (Å²) in [7, 11) is 0.0424. The minimum atomic E-state index is 0. The number of benzene rings is 2. The maximum atomic E-state index is 12.6. The zero-order valence-electron chi connectivity index (χ0n) is 15.2. The van der Waals surface area contributed by atoms with Gasteiger partial charge in [-0.2, -0.15) is 0 Å². The van der Waals surface area contributed by atoms with E-state index >= 15 is 0 Å². The van der Waals surface area contributed by atoms with Gasteiger partial charge in [0, 0.05) is 31.0 Å². The minimum Gasteiger partial charge on any atom is -0.491 e. The zero-order valence-corrected chi connectivity index (χ0v) is 16.9. The van der Waals surface area contributed by atoms with Crippen LogP contribution in [0.5, 0.6) is 5.75 Å². The number of hydrogen-bond acceptors (Lipinski definition) is 3. The summed E-state index contributed by atoms with van der Waals surface area (Å²) >= 11 is 6.19. The molecule has 0 fully saturated rings. The molecule has 2 rings (SSSR count). The van der Waals surface area contributed by atoms with Crippen molar-refractivity contribution in [1.82, 2.24) is 0 Å². The molecule has 129 valence electrons. The number of rotatable bonds is 8. The number of aryl methyl sites for hydroxylation is 2. The van der Waals surface area contributed by atoms with Gasteiger partial charge in [0.05, 0.1) is 11.6 Å². The summed E-state index contributed by atoms with van der Waals surface area (Å²) in [6.07, 6.45) is 0. The van der Waals surface area contributed by atoms with Crippen molar-refractivity contribution in [2.45, 2.75) is 20.8 Å². The maximum absolute atomic E-state index is 12.6. The second-order valence-corrected chi connectivity index (χ2v) is 7.06. The van der Waals surface area contributed by atoms with E-state index in [1.807, 2.05) is 51.1 Å². The molecule has 3 nitrogen and oxygen atoms in total. The molecule has 6 heteroatoms. The summed E-state index contributed by atoms with van der Waals surface area (Å²) in [5.41, 5.74) is 2.63. The molecule has 1 atom stereocenters. The van der Waals surface area contributed by atoms with Crippen LogP contribution in [0.4, 0.5) is 0 Å². The molecular weight excluding hydrogens is 350 g/mol. The van der Waals surface area contributed by atoms with Gasteiger partial charge < -0.3 is 9.47 Å². The fourth-order valence-electron chi connectivity index (χ4n) is 2.33. The van der Waals surface area contributed by atoms with Gasteiger partial charge in [0.2, 0.25) is 0 Å². The van der Waals surface area contributed by atoms with Crippen molar-refractivity contribution in [3.8, 4) is 5.75 Å². The molecule has 0 heterocycles. The summed E-state index contributed by atoms with van der Waals surface area (Å²) in [4.78, 5) is 12.6. The Kier molecular flexibility index (Phi) is 9.80. The van der Waals surface area contributed by atoms with E-state index in [9.17, 15) is 4.79 Å². The van der Waals surface area contributed by atoms with Crippen molar-refractivity contribution in [2.24, 2.45) is 0 Å². The Balaban J connectivity index is 0.00000312. The van der Waals surface area contributed by atoms with Crippen LogP contribution in [0.25, 0.3) is 0 Å². The molecular formula is C19H22ClLiO3P. The SMILES string of the molecule is CCOCCOc1ccc(PC(=O)c2c(C)cccc2Cl)c(C)c1.[Li]. The van der Waals surface area contributed by atoms with E-state index in [0.29, 0.717) is 30.4 Å². The minimum absolute atomic E-state index is 0. The van der Waals surface area contributed by atoms with Gasteiger partial charge in [-0.3, -0.25) is 4.79 Å². The van der Waals surface area contributed by atoms with E-state index in [1.165, 1.54) is 0 Å². The molecule has 0 saturated heterocycles. The average molecular weight is 372 g/mol. The molecule has 0 N–H and O–H groups in total. The number of carbonyl (C=O) groups excluding carboxylic acids is 1. The van der Waals surface area contributed by atoms with Crippen LogP contribution in [0, 0.1) is 13.8 Å². The van der Waals surface area contributed by atoms with Gasteiger partial charge in [-0.1, -0.05) is 29.8 Å². The normalized spacial score (nSPS) is 10.7. The Hall–Kier alpha value is -0.813. The van der Waals surface area contributed by atoms with Crippen molar-refractivity contribution < 1.29 is 14.3 Å². The Morgan fingerprint density at radius 1 is 1.12 bits per heavy atom. The Morgan fingerprint density at radius 2 is 1.88 bits per heavy atom. The monoisotopic (exact) mass is 371 g/mol. The summed E-state index contributed by atoms with van der Waals surface area (Å²) in [6, 6.07) is 11.3. The smallest absolute Gasteiger partial charge is 0.187 e. The first-order valence-corrected chi connectivity index (χ1v) is 9.28. The predicted octanol–water partition coefficient (Wildman–Crippen LogP) is 4.14. The van der Waals surface area contributed by atoms with E-state index in [2.05, 4.69) is 0 Å². The first-order chi connectivity index (χ1) is 11.5. The van der Waals surface area contributed by atoms with E-state index in [-0.39, 0.29) is 33.0 Å². The maximum Gasteiger partial charge on any atom is 0.187 e. The third-order valence-electron chi connectivity index (χ3n) is 3.60. The number of carbonyl (C=O) groups is 1. The summed E-state index contributed by atoms with van der Waals surface area (Å²) in [5, 5.41) is 1.53. The van der Waals surface area contributed by atoms with E-state index in [4.69, 9.17) is 21.1 Å². The molecule has 0 bridgehead atoms. The first kappa shape index (κ1) is 22.2. The molecule has 0 aliphatic carbocycles. The molecule has 0 amide bonds. The van der Waals surface area contributed by atoms with Gasteiger partial charge in [-0.25, -0.2) is 0 Å². The van der Waals surface area contributed by atoms with Crippen LogP contribution < -0.4 is 10.0 Å².